The van der Waals surface area contributed by atoms with Crippen LogP contribution in [-0.4, -0.2) is 49.7 Å². The molecule has 1 N–H and O–H groups in total. The Labute approximate surface area is 167 Å². The van der Waals surface area contributed by atoms with Crippen molar-refractivity contribution in [2.24, 2.45) is 0 Å². The average molecular weight is 386 g/mol. The Bertz CT molecular complexity index is 680. The lowest BCUT2D eigenvalue weighted by Gasteiger charge is -2.25. The zero-order valence-electron chi connectivity index (χ0n) is 16.6. The highest BCUT2D eigenvalue weighted by Gasteiger charge is 2.21. The Morgan fingerprint density at radius 1 is 1.14 bits per heavy atom. The summed E-state index contributed by atoms with van der Waals surface area (Å²) >= 11 is 0. The van der Waals surface area contributed by atoms with Gasteiger partial charge >= 0.3 is 0 Å². The van der Waals surface area contributed by atoms with Crippen LogP contribution in [-0.2, 0) is 11.2 Å². The molecule has 0 aromatic heterocycles. The molecule has 2 aliphatic rings. The molecule has 6 nitrogen and oxygen atoms in total. The first-order valence-corrected chi connectivity index (χ1v) is 10.5. The molecule has 6 heteroatoms. The first kappa shape index (κ1) is 20.5. The van der Waals surface area contributed by atoms with Crippen LogP contribution in [0.4, 0.5) is 0 Å². The van der Waals surface area contributed by atoms with Crippen LogP contribution in [0.25, 0.3) is 0 Å². The third kappa shape index (κ3) is 6.42. The Balaban J connectivity index is 1.55. The van der Waals surface area contributed by atoms with Crippen LogP contribution < -0.4 is 14.8 Å². The molecule has 0 saturated carbocycles. The van der Waals surface area contributed by atoms with Gasteiger partial charge < -0.3 is 19.7 Å². The Morgan fingerprint density at radius 2 is 1.93 bits per heavy atom. The van der Waals surface area contributed by atoms with Crippen molar-refractivity contribution in [2.45, 2.75) is 57.4 Å². The zero-order valence-corrected chi connectivity index (χ0v) is 16.6. The molecule has 1 atom stereocenters. The lowest BCUT2D eigenvalue weighted by molar-refractivity contribution is -0.122. The van der Waals surface area contributed by atoms with Gasteiger partial charge in [0, 0.05) is 25.4 Å². The Kier molecular flexibility index (Phi) is 7.98. The molecule has 152 valence electrons. The third-order valence-electron chi connectivity index (χ3n) is 5.32. The summed E-state index contributed by atoms with van der Waals surface area (Å²) < 4.78 is 11.3. The fourth-order valence-corrected chi connectivity index (χ4v) is 3.90. The number of unbranched alkanes of at least 4 members (excludes halogenated alkanes) is 3. The van der Waals surface area contributed by atoms with Crippen molar-refractivity contribution in [3.8, 4) is 17.6 Å². The van der Waals surface area contributed by atoms with Crippen LogP contribution in [0.1, 0.15) is 50.5 Å². The highest BCUT2D eigenvalue weighted by atomic mass is 16.6. The minimum Gasteiger partial charge on any atom is -0.486 e. The minimum atomic E-state index is 0.0901. The number of likely N-dealkylation sites (tertiary alicyclic amines) is 1. The van der Waals surface area contributed by atoms with Gasteiger partial charge in [0.2, 0.25) is 5.91 Å². The number of carbonyl (C=O) groups excluding carboxylic acids is 1. The van der Waals surface area contributed by atoms with Crippen molar-refractivity contribution in [3.63, 3.8) is 0 Å². The number of nitriles is 1. The largest absolute Gasteiger partial charge is 0.486 e. The number of nitrogens with zero attached hydrogens (tertiary/aromatic N) is 2. The molecule has 3 rings (SSSR count). The first-order chi connectivity index (χ1) is 13.7. The van der Waals surface area contributed by atoms with E-state index < -0.39 is 0 Å². The summed E-state index contributed by atoms with van der Waals surface area (Å²) in [6, 6.07) is 8.32. The molecule has 28 heavy (non-hydrogen) atoms. The van der Waals surface area contributed by atoms with Gasteiger partial charge in [0.1, 0.15) is 13.2 Å². The van der Waals surface area contributed by atoms with E-state index in [-0.39, 0.29) is 11.9 Å². The van der Waals surface area contributed by atoms with Crippen LogP contribution in [0, 0.1) is 11.3 Å². The summed E-state index contributed by atoms with van der Waals surface area (Å²) in [5.41, 5.74) is 1.16. The van der Waals surface area contributed by atoms with Gasteiger partial charge in [0.25, 0.3) is 0 Å². The molecule has 2 aliphatic heterocycles. The van der Waals surface area contributed by atoms with E-state index in [4.69, 9.17) is 14.7 Å². The zero-order chi connectivity index (χ0) is 19.6. The minimum absolute atomic E-state index is 0.0901. The Hall–Kier alpha value is -2.26. The number of amides is 1. The molecule has 2 heterocycles. The molecule has 0 spiro atoms. The SMILES string of the molecule is N#CCCCCCC(=O)N[C@@H](Cc1ccc2c(c1)OCCO2)CN1CCCC1. The molecule has 1 saturated heterocycles. The molecule has 1 aromatic rings. The summed E-state index contributed by atoms with van der Waals surface area (Å²) in [4.78, 5) is 14.9. The second-order valence-electron chi connectivity index (χ2n) is 7.67. The first-order valence-electron chi connectivity index (χ1n) is 10.5. The number of hydrogen-bond donors (Lipinski definition) is 1. The lowest BCUT2D eigenvalue weighted by Crippen LogP contribution is -2.44. The summed E-state index contributed by atoms with van der Waals surface area (Å²) in [5.74, 6) is 1.71. The van der Waals surface area contributed by atoms with E-state index in [2.05, 4.69) is 22.4 Å². The van der Waals surface area contributed by atoms with Crippen LogP contribution in [0.2, 0.25) is 0 Å². The van der Waals surface area contributed by atoms with E-state index in [1.807, 2.05) is 12.1 Å². The predicted octanol–water partition coefficient (Wildman–Crippen LogP) is 3.05. The van der Waals surface area contributed by atoms with Crippen LogP contribution in [0.5, 0.6) is 11.5 Å². The molecule has 0 radical (unpaired) electrons. The molecular weight excluding hydrogens is 354 g/mol. The van der Waals surface area contributed by atoms with Gasteiger partial charge in [0.15, 0.2) is 11.5 Å². The monoisotopic (exact) mass is 385 g/mol. The van der Waals surface area contributed by atoms with Gasteiger partial charge in [-0.3, -0.25) is 4.79 Å². The quantitative estimate of drug-likeness (QED) is 0.627. The number of fused-ring (bicyclic) bond motifs is 1. The summed E-state index contributed by atoms with van der Waals surface area (Å²) in [6.07, 6.45) is 7.01. The highest BCUT2D eigenvalue weighted by molar-refractivity contribution is 5.76. The smallest absolute Gasteiger partial charge is 0.220 e. The van der Waals surface area contributed by atoms with Crippen molar-refractivity contribution >= 4 is 5.91 Å². The second kappa shape index (κ2) is 10.9. The summed E-state index contributed by atoms with van der Waals surface area (Å²) in [5, 5.41) is 11.8. The van der Waals surface area contributed by atoms with Crippen molar-refractivity contribution < 1.29 is 14.3 Å². The second-order valence-corrected chi connectivity index (χ2v) is 7.67. The highest BCUT2D eigenvalue weighted by Crippen LogP contribution is 2.31. The Morgan fingerprint density at radius 3 is 2.71 bits per heavy atom. The number of carbonyl (C=O) groups is 1. The van der Waals surface area contributed by atoms with E-state index in [9.17, 15) is 4.79 Å². The molecule has 1 aromatic carbocycles. The summed E-state index contributed by atoms with van der Waals surface area (Å²) in [7, 11) is 0. The standard InChI is InChI=1S/C22H31N3O3/c23-10-4-2-1-3-7-22(26)24-19(17-25-11-5-6-12-25)15-18-8-9-20-21(16-18)28-14-13-27-20/h8-9,16,19H,1-7,11-15,17H2,(H,24,26)/t19-/m0/s1. The average Bonchev–Trinajstić information content (AvgIpc) is 3.20. The normalized spacial score (nSPS) is 17.1. The van der Waals surface area contributed by atoms with E-state index in [1.165, 1.54) is 12.8 Å². The topological polar surface area (TPSA) is 74.6 Å². The van der Waals surface area contributed by atoms with E-state index >= 15 is 0 Å². The van der Waals surface area contributed by atoms with Crippen molar-refractivity contribution in [3.05, 3.63) is 23.8 Å². The maximum Gasteiger partial charge on any atom is 0.220 e. The van der Waals surface area contributed by atoms with Crippen LogP contribution >= 0.6 is 0 Å². The summed E-state index contributed by atoms with van der Waals surface area (Å²) in [6.45, 7) is 4.28. The molecule has 0 aliphatic carbocycles. The van der Waals surface area contributed by atoms with Gasteiger partial charge in [0.05, 0.1) is 6.07 Å². The molecule has 0 bridgehead atoms. The number of ether oxygens (including phenoxy) is 2. The fraction of sp³-hybridized carbons (Fsp3) is 0.636. The van der Waals surface area contributed by atoms with Gasteiger partial charge in [-0.2, -0.15) is 5.26 Å². The maximum absolute atomic E-state index is 12.4. The predicted molar refractivity (Wildman–Crippen MR) is 107 cm³/mol. The van der Waals surface area contributed by atoms with Crippen molar-refractivity contribution in [2.75, 3.05) is 32.8 Å². The number of rotatable bonds is 10. The maximum atomic E-state index is 12.4. The van der Waals surface area contributed by atoms with Crippen LogP contribution in [0.15, 0.2) is 18.2 Å². The molecule has 1 amide bonds. The van der Waals surface area contributed by atoms with E-state index in [0.29, 0.717) is 26.1 Å². The number of nitrogens with one attached hydrogen (secondary N) is 1. The van der Waals surface area contributed by atoms with Crippen LogP contribution in [0.3, 0.4) is 0 Å². The molecular formula is C22H31N3O3. The third-order valence-corrected chi connectivity index (χ3v) is 5.32. The van der Waals surface area contributed by atoms with E-state index in [0.717, 1.165) is 62.4 Å². The van der Waals surface area contributed by atoms with Crippen molar-refractivity contribution in [1.29, 1.82) is 5.26 Å². The van der Waals surface area contributed by atoms with Crippen molar-refractivity contribution in [1.82, 2.24) is 10.2 Å². The van der Waals surface area contributed by atoms with Gasteiger partial charge in [-0.1, -0.05) is 12.5 Å². The molecule has 0 unspecified atom stereocenters. The van der Waals surface area contributed by atoms with E-state index in [1.54, 1.807) is 0 Å². The number of benzene rings is 1. The number of hydrogen-bond acceptors (Lipinski definition) is 5. The van der Waals surface area contributed by atoms with Gasteiger partial charge in [-0.05, 0) is 62.9 Å². The molecule has 1 fully saturated rings. The van der Waals surface area contributed by atoms with Gasteiger partial charge in [-0.25, -0.2) is 0 Å². The lowest BCUT2D eigenvalue weighted by atomic mass is 10.0. The fourth-order valence-electron chi connectivity index (χ4n) is 3.90. The van der Waals surface area contributed by atoms with Gasteiger partial charge in [-0.15, -0.1) is 0 Å².